The van der Waals surface area contributed by atoms with Crippen LogP contribution in [0.3, 0.4) is 0 Å². The van der Waals surface area contributed by atoms with E-state index in [1.165, 1.54) is 16.7 Å². The highest BCUT2D eigenvalue weighted by Crippen LogP contribution is 2.18. The number of oxime groups is 1. The molecule has 0 amide bonds. The molecule has 0 atom stereocenters. The highest BCUT2D eigenvalue weighted by molar-refractivity contribution is 7.13. The van der Waals surface area contributed by atoms with Gasteiger partial charge in [-0.15, -0.1) is 11.3 Å². The van der Waals surface area contributed by atoms with Crippen LogP contribution < -0.4 is 0 Å². The molecule has 1 aromatic rings. The molecule has 3 heteroatoms. The molecular weight excluding hydrogens is 230 g/mol. The molecular formula is C14H17NOS. The molecule has 0 aliphatic rings. The largest absolute Gasteiger partial charge is 0.411 e. The van der Waals surface area contributed by atoms with Crippen molar-refractivity contribution in [3.05, 3.63) is 58.3 Å². The molecule has 1 aromatic heterocycles. The predicted octanol–water partition coefficient (Wildman–Crippen LogP) is 4.18. The van der Waals surface area contributed by atoms with Crippen LogP contribution in [-0.4, -0.2) is 11.4 Å². The lowest BCUT2D eigenvalue weighted by molar-refractivity contribution is 0.322. The minimum atomic E-state index is 0.972. The Bertz CT molecular complexity index is 441. The van der Waals surface area contributed by atoms with Gasteiger partial charge in [0.25, 0.3) is 0 Å². The average molecular weight is 247 g/mol. The Kier molecular flexibility index (Phi) is 6.04. The van der Waals surface area contributed by atoms with Crippen LogP contribution in [0.2, 0.25) is 0 Å². The molecule has 1 N–H and O–H groups in total. The van der Waals surface area contributed by atoms with Gasteiger partial charge in [-0.25, -0.2) is 0 Å². The Balaban J connectivity index is 2.56. The molecule has 0 aromatic carbocycles. The van der Waals surface area contributed by atoms with Crippen molar-refractivity contribution in [1.29, 1.82) is 0 Å². The summed E-state index contributed by atoms with van der Waals surface area (Å²) < 4.78 is 0. The quantitative estimate of drug-likeness (QED) is 0.348. The normalized spacial score (nSPS) is 12.6. The monoisotopic (exact) mass is 247 g/mol. The van der Waals surface area contributed by atoms with Crippen molar-refractivity contribution in [2.75, 3.05) is 0 Å². The van der Waals surface area contributed by atoms with E-state index in [2.05, 4.69) is 23.9 Å². The van der Waals surface area contributed by atoms with Crippen molar-refractivity contribution >= 4 is 17.6 Å². The zero-order chi connectivity index (χ0) is 12.5. The van der Waals surface area contributed by atoms with Crippen molar-refractivity contribution in [3.8, 4) is 0 Å². The van der Waals surface area contributed by atoms with Crippen LogP contribution in [-0.2, 0) is 6.42 Å². The lowest BCUT2D eigenvalue weighted by Crippen LogP contribution is -1.83. The van der Waals surface area contributed by atoms with Gasteiger partial charge in [0, 0.05) is 9.75 Å². The first kappa shape index (κ1) is 13.5. The molecule has 0 spiro atoms. The van der Waals surface area contributed by atoms with Crippen LogP contribution in [0.25, 0.3) is 0 Å². The second-order valence-electron chi connectivity index (χ2n) is 3.52. The summed E-state index contributed by atoms with van der Waals surface area (Å²) in [6.07, 6.45) is 11.4. The van der Waals surface area contributed by atoms with Gasteiger partial charge in [0.2, 0.25) is 0 Å². The summed E-state index contributed by atoms with van der Waals surface area (Å²) >= 11 is 1.64. The first-order valence-corrected chi connectivity index (χ1v) is 6.32. The second-order valence-corrected chi connectivity index (χ2v) is 4.72. The molecule has 0 aliphatic carbocycles. The van der Waals surface area contributed by atoms with Crippen LogP contribution in [0.5, 0.6) is 0 Å². The van der Waals surface area contributed by atoms with E-state index >= 15 is 0 Å². The Hall–Kier alpha value is -1.61. The predicted molar refractivity (Wildman–Crippen MR) is 75.1 cm³/mol. The third-order valence-corrected chi connectivity index (χ3v) is 3.37. The van der Waals surface area contributed by atoms with Crippen LogP contribution in [0, 0.1) is 0 Å². The first-order chi connectivity index (χ1) is 8.30. The number of allylic oxidation sites excluding steroid dienone is 5. The number of aryl methyl sites for hydroxylation is 1. The number of hydrogen-bond donors (Lipinski definition) is 1. The van der Waals surface area contributed by atoms with E-state index in [0.29, 0.717) is 0 Å². The van der Waals surface area contributed by atoms with E-state index in [0.717, 1.165) is 17.7 Å². The average Bonchev–Trinajstić information content (AvgIpc) is 2.78. The molecule has 1 heterocycles. The van der Waals surface area contributed by atoms with Crippen molar-refractivity contribution in [1.82, 2.24) is 0 Å². The maximum absolute atomic E-state index is 8.43. The summed E-state index contributed by atoms with van der Waals surface area (Å²) in [5.41, 5.74) is 1.23. The van der Waals surface area contributed by atoms with Gasteiger partial charge >= 0.3 is 0 Å². The molecule has 17 heavy (non-hydrogen) atoms. The highest BCUT2D eigenvalue weighted by Gasteiger charge is 1.99. The molecule has 1 rings (SSSR count). The zero-order valence-corrected chi connectivity index (χ0v) is 10.8. The molecule has 0 radical (unpaired) electrons. The molecule has 0 fully saturated rings. The maximum atomic E-state index is 8.43. The van der Waals surface area contributed by atoms with Crippen LogP contribution in [0.15, 0.2) is 53.7 Å². The van der Waals surface area contributed by atoms with Gasteiger partial charge in [-0.1, -0.05) is 36.0 Å². The van der Waals surface area contributed by atoms with Crippen LogP contribution in [0.4, 0.5) is 0 Å². The van der Waals surface area contributed by atoms with Gasteiger partial charge in [0.15, 0.2) is 0 Å². The Morgan fingerprint density at radius 3 is 3.00 bits per heavy atom. The van der Waals surface area contributed by atoms with E-state index in [1.54, 1.807) is 11.3 Å². The van der Waals surface area contributed by atoms with E-state index in [1.807, 2.05) is 31.2 Å². The molecule has 2 nitrogen and oxygen atoms in total. The fraction of sp³-hybridized carbons (Fsp3) is 0.214. The van der Waals surface area contributed by atoms with E-state index in [9.17, 15) is 0 Å². The summed E-state index contributed by atoms with van der Waals surface area (Å²) in [4.78, 5) is 2.26. The lowest BCUT2D eigenvalue weighted by atomic mass is 10.1. The van der Waals surface area contributed by atoms with E-state index in [-0.39, 0.29) is 0 Å². The summed E-state index contributed by atoms with van der Waals surface area (Å²) in [6.45, 7) is 5.80. The summed E-state index contributed by atoms with van der Waals surface area (Å²) in [6, 6.07) is 4.03. The fourth-order valence-electron chi connectivity index (χ4n) is 1.40. The number of nitrogens with zero attached hydrogens (tertiary/aromatic N) is 1. The molecule has 90 valence electrons. The van der Waals surface area contributed by atoms with Crippen LogP contribution >= 0.6 is 11.3 Å². The third-order valence-electron chi connectivity index (χ3n) is 2.29. The van der Waals surface area contributed by atoms with Gasteiger partial charge in [-0.2, -0.15) is 0 Å². The molecule has 0 bridgehead atoms. The Morgan fingerprint density at radius 1 is 1.53 bits per heavy atom. The molecule has 0 aliphatic heterocycles. The van der Waals surface area contributed by atoms with Gasteiger partial charge < -0.3 is 5.21 Å². The number of rotatable bonds is 6. The standard InChI is InChI=1S/C14H17NOS/c1-3-5-6-12(4-2)7-8-13-9-10-14(17-13)11-15-16/h3-6,9-11,16H,2,7-8H2,1H3/b5-3-,12-6+,15-11+. The summed E-state index contributed by atoms with van der Waals surface area (Å²) in [5.74, 6) is 0. The first-order valence-electron chi connectivity index (χ1n) is 5.50. The summed E-state index contributed by atoms with van der Waals surface area (Å²) in [5, 5.41) is 11.4. The minimum absolute atomic E-state index is 0.972. The van der Waals surface area contributed by atoms with Gasteiger partial charge in [0.05, 0.1) is 6.21 Å². The van der Waals surface area contributed by atoms with E-state index in [4.69, 9.17) is 5.21 Å². The highest BCUT2D eigenvalue weighted by atomic mass is 32.1. The maximum Gasteiger partial charge on any atom is 0.0833 e. The zero-order valence-electron chi connectivity index (χ0n) is 9.97. The van der Waals surface area contributed by atoms with Gasteiger partial charge in [0.1, 0.15) is 0 Å². The fourth-order valence-corrected chi connectivity index (χ4v) is 2.27. The van der Waals surface area contributed by atoms with Crippen molar-refractivity contribution in [3.63, 3.8) is 0 Å². The Labute approximate surface area is 106 Å². The van der Waals surface area contributed by atoms with E-state index < -0.39 is 0 Å². The van der Waals surface area contributed by atoms with Gasteiger partial charge in [-0.05, 0) is 37.5 Å². The van der Waals surface area contributed by atoms with Gasteiger partial charge in [-0.3, -0.25) is 0 Å². The van der Waals surface area contributed by atoms with Crippen molar-refractivity contribution in [2.24, 2.45) is 5.16 Å². The smallest absolute Gasteiger partial charge is 0.0833 e. The van der Waals surface area contributed by atoms with Crippen molar-refractivity contribution < 1.29 is 5.21 Å². The topological polar surface area (TPSA) is 32.6 Å². The minimum Gasteiger partial charge on any atom is -0.411 e. The second kappa shape index (κ2) is 7.63. The molecule has 0 unspecified atom stereocenters. The molecule has 0 saturated carbocycles. The summed E-state index contributed by atoms with van der Waals surface area (Å²) in [7, 11) is 0. The third kappa shape index (κ3) is 4.83. The Morgan fingerprint density at radius 2 is 2.35 bits per heavy atom. The molecule has 0 saturated heterocycles. The van der Waals surface area contributed by atoms with Crippen molar-refractivity contribution in [2.45, 2.75) is 19.8 Å². The van der Waals surface area contributed by atoms with Crippen LogP contribution in [0.1, 0.15) is 23.1 Å². The lowest BCUT2D eigenvalue weighted by Gasteiger charge is -1.98. The number of thiophene rings is 1. The SMILES string of the molecule is C=C/C(=C\C=C/C)CCc1ccc(/C=N/O)s1. The number of hydrogen-bond acceptors (Lipinski definition) is 3.